The molecule has 0 unspecified atom stereocenters. The molecule has 2 rings (SSSR count). The number of aromatic nitrogens is 4. The number of nitrogens with two attached hydrogens (primary N) is 1. The Morgan fingerprint density at radius 2 is 2.36 bits per heavy atom. The van der Waals surface area contributed by atoms with E-state index in [1.165, 1.54) is 10.6 Å². The van der Waals surface area contributed by atoms with E-state index < -0.39 is 0 Å². The molecule has 0 fully saturated rings. The molecule has 0 spiro atoms. The number of nitrogens with zero attached hydrogens (tertiary/aromatic N) is 3. The monoisotopic (exact) mass is 193 g/mol. The number of nitrogens with one attached hydrogen (secondary N) is 1. The van der Waals surface area contributed by atoms with Crippen LogP contribution in [-0.2, 0) is 13.0 Å². The number of hydrogen-bond acceptors (Lipinski definition) is 4. The minimum absolute atomic E-state index is 0.178. The number of aromatic amines is 1. The third-order valence-corrected chi connectivity index (χ3v) is 1.97. The summed E-state index contributed by atoms with van der Waals surface area (Å²) in [5.74, 6) is 1.12. The van der Waals surface area contributed by atoms with E-state index in [0.717, 1.165) is 12.2 Å². The summed E-state index contributed by atoms with van der Waals surface area (Å²) >= 11 is 0. The van der Waals surface area contributed by atoms with E-state index in [9.17, 15) is 4.79 Å². The number of hydrogen-bond donors (Lipinski definition) is 2. The van der Waals surface area contributed by atoms with Crippen LogP contribution in [0.25, 0.3) is 5.78 Å². The Balaban J connectivity index is 2.73. The molecule has 3 N–H and O–H groups in total. The fraction of sp³-hybridized carbons (Fsp3) is 0.375. The number of fused-ring (bicyclic) bond motifs is 1. The predicted molar refractivity (Wildman–Crippen MR) is 50.9 cm³/mol. The van der Waals surface area contributed by atoms with Crippen molar-refractivity contribution in [3.05, 3.63) is 27.9 Å². The maximum atomic E-state index is 11.5. The fourth-order valence-electron chi connectivity index (χ4n) is 1.23. The van der Waals surface area contributed by atoms with Crippen molar-refractivity contribution in [3.63, 3.8) is 0 Å². The van der Waals surface area contributed by atoms with Crippen molar-refractivity contribution in [3.8, 4) is 0 Å². The van der Waals surface area contributed by atoms with Gasteiger partial charge in [-0.2, -0.15) is 9.50 Å². The van der Waals surface area contributed by atoms with Gasteiger partial charge in [-0.1, -0.05) is 6.92 Å². The van der Waals surface area contributed by atoms with E-state index in [1.54, 1.807) is 0 Å². The van der Waals surface area contributed by atoms with E-state index in [-0.39, 0.29) is 12.1 Å². The van der Waals surface area contributed by atoms with Gasteiger partial charge in [0.15, 0.2) is 0 Å². The summed E-state index contributed by atoms with van der Waals surface area (Å²) in [6, 6.07) is 1.41. The summed E-state index contributed by atoms with van der Waals surface area (Å²) in [4.78, 5) is 19.7. The van der Waals surface area contributed by atoms with Gasteiger partial charge in [0, 0.05) is 19.0 Å². The van der Waals surface area contributed by atoms with Gasteiger partial charge in [0.1, 0.15) is 5.82 Å². The average Bonchev–Trinajstić information content (AvgIpc) is 2.61. The van der Waals surface area contributed by atoms with Crippen LogP contribution in [0.1, 0.15) is 18.4 Å². The van der Waals surface area contributed by atoms with Gasteiger partial charge in [0.05, 0.1) is 5.69 Å². The van der Waals surface area contributed by atoms with Crippen molar-refractivity contribution in [2.24, 2.45) is 5.73 Å². The zero-order valence-corrected chi connectivity index (χ0v) is 7.82. The van der Waals surface area contributed by atoms with Crippen molar-refractivity contribution in [1.29, 1.82) is 0 Å². The molecule has 0 bridgehead atoms. The molecular weight excluding hydrogens is 182 g/mol. The molecule has 0 aliphatic heterocycles. The van der Waals surface area contributed by atoms with Gasteiger partial charge in [-0.3, -0.25) is 9.89 Å². The van der Waals surface area contributed by atoms with Crippen LogP contribution >= 0.6 is 0 Å². The third kappa shape index (κ3) is 1.29. The summed E-state index contributed by atoms with van der Waals surface area (Å²) in [6.45, 7) is 2.20. The van der Waals surface area contributed by atoms with Gasteiger partial charge in [-0.15, -0.1) is 0 Å². The number of aryl methyl sites for hydroxylation is 1. The second-order valence-corrected chi connectivity index (χ2v) is 2.95. The minimum atomic E-state index is -0.178. The van der Waals surface area contributed by atoms with Gasteiger partial charge in [-0.05, 0) is 0 Å². The molecule has 0 aromatic carbocycles. The maximum absolute atomic E-state index is 11.5. The summed E-state index contributed by atoms with van der Waals surface area (Å²) < 4.78 is 1.32. The molecule has 0 aliphatic carbocycles. The Kier molecular flexibility index (Phi) is 2.05. The van der Waals surface area contributed by atoms with Crippen LogP contribution in [-0.4, -0.2) is 19.6 Å². The van der Waals surface area contributed by atoms with Gasteiger partial charge < -0.3 is 5.73 Å². The molecule has 14 heavy (non-hydrogen) atoms. The van der Waals surface area contributed by atoms with Gasteiger partial charge >= 0.3 is 0 Å². The molecule has 0 amide bonds. The van der Waals surface area contributed by atoms with Crippen LogP contribution in [0.2, 0.25) is 0 Å². The van der Waals surface area contributed by atoms with Crippen LogP contribution < -0.4 is 11.3 Å². The topological polar surface area (TPSA) is 89.1 Å². The van der Waals surface area contributed by atoms with Crippen molar-refractivity contribution < 1.29 is 0 Å². The molecule has 0 saturated heterocycles. The first-order valence-corrected chi connectivity index (χ1v) is 4.42. The normalized spacial score (nSPS) is 11.0. The molecule has 6 nitrogen and oxygen atoms in total. The standard InChI is InChI=1S/C8H11N5O/c1-2-6-11-8-10-5(4-9)3-7(14)13(8)12-6/h3H,2,4,9H2,1H3,(H,10,11,12). The molecule has 2 aromatic rings. The fourth-order valence-corrected chi connectivity index (χ4v) is 1.23. The molecule has 0 aliphatic rings. The van der Waals surface area contributed by atoms with E-state index in [4.69, 9.17) is 5.73 Å². The van der Waals surface area contributed by atoms with Crippen molar-refractivity contribution in [2.75, 3.05) is 0 Å². The molecule has 0 atom stereocenters. The first kappa shape index (κ1) is 8.89. The summed E-state index contributed by atoms with van der Waals surface area (Å²) in [5.41, 5.74) is 5.78. The predicted octanol–water partition coefficient (Wildman–Crippen LogP) is -0.561. The van der Waals surface area contributed by atoms with Crippen LogP contribution in [0, 0.1) is 0 Å². The Labute approximate surface area is 79.8 Å². The second kappa shape index (κ2) is 3.22. The lowest BCUT2D eigenvalue weighted by atomic mass is 10.4. The lowest BCUT2D eigenvalue weighted by Gasteiger charge is -1.94. The Morgan fingerprint density at radius 3 is 3.00 bits per heavy atom. The Hall–Kier alpha value is -1.69. The van der Waals surface area contributed by atoms with Crippen molar-refractivity contribution in [1.82, 2.24) is 19.6 Å². The minimum Gasteiger partial charge on any atom is -0.325 e. The molecule has 74 valence electrons. The van der Waals surface area contributed by atoms with E-state index in [0.29, 0.717) is 11.5 Å². The highest BCUT2D eigenvalue weighted by Crippen LogP contribution is 1.97. The highest BCUT2D eigenvalue weighted by atomic mass is 16.1. The molecular formula is C8H11N5O. The van der Waals surface area contributed by atoms with E-state index in [1.807, 2.05) is 6.92 Å². The third-order valence-electron chi connectivity index (χ3n) is 1.97. The smallest absolute Gasteiger partial charge is 0.274 e. The van der Waals surface area contributed by atoms with Crippen LogP contribution in [0.15, 0.2) is 10.9 Å². The summed E-state index contributed by atoms with van der Waals surface area (Å²) in [6.07, 6.45) is 0.737. The Bertz CT molecular complexity index is 512. The molecule has 2 aromatic heterocycles. The highest BCUT2D eigenvalue weighted by molar-refractivity contribution is 5.27. The van der Waals surface area contributed by atoms with Gasteiger partial charge in [-0.25, -0.2) is 4.98 Å². The number of H-pyrrole nitrogens is 1. The van der Waals surface area contributed by atoms with E-state index >= 15 is 0 Å². The first-order valence-electron chi connectivity index (χ1n) is 4.42. The van der Waals surface area contributed by atoms with Gasteiger partial charge in [0.2, 0.25) is 0 Å². The number of rotatable bonds is 2. The van der Waals surface area contributed by atoms with Crippen molar-refractivity contribution in [2.45, 2.75) is 19.9 Å². The lowest BCUT2D eigenvalue weighted by molar-refractivity contribution is 0.839. The zero-order valence-electron chi connectivity index (χ0n) is 7.82. The first-order chi connectivity index (χ1) is 6.74. The van der Waals surface area contributed by atoms with E-state index in [2.05, 4.69) is 15.1 Å². The van der Waals surface area contributed by atoms with Crippen LogP contribution in [0.4, 0.5) is 0 Å². The SMILES string of the molecule is CCc1nc2nc(CN)cc(=O)n2[nH]1. The zero-order chi connectivity index (χ0) is 10.1. The average molecular weight is 193 g/mol. The largest absolute Gasteiger partial charge is 0.325 e. The summed E-state index contributed by atoms with van der Waals surface area (Å²) in [5, 5.41) is 2.85. The van der Waals surface area contributed by atoms with Crippen LogP contribution in [0.3, 0.4) is 0 Å². The maximum Gasteiger partial charge on any atom is 0.274 e. The molecule has 2 heterocycles. The highest BCUT2D eigenvalue weighted by Gasteiger charge is 2.05. The van der Waals surface area contributed by atoms with Gasteiger partial charge in [0.25, 0.3) is 11.3 Å². The second-order valence-electron chi connectivity index (χ2n) is 2.95. The lowest BCUT2D eigenvalue weighted by Crippen LogP contribution is -2.17. The molecule has 0 saturated carbocycles. The quantitative estimate of drug-likeness (QED) is 0.669. The summed E-state index contributed by atoms with van der Waals surface area (Å²) in [7, 11) is 0. The molecule has 0 radical (unpaired) electrons. The Morgan fingerprint density at radius 1 is 1.57 bits per heavy atom. The molecule has 6 heteroatoms. The van der Waals surface area contributed by atoms with Crippen LogP contribution in [0.5, 0.6) is 0 Å². The van der Waals surface area contributed by atoms with Crippen molar-refractivity contribution >= 4 is 5.78 Å².